The van der Waals surface area contributed by atoms with Crippen LogP contribution in [0.1, 0.15) is 15.4 Å². The summed E-state index contributed by atoms with van der Waals surface area (Å²) in [6, 6.07) is 11.3. The summed E-state index contributed by atoms with van der Waals surface area (Å²) in [5, 5.41) is 11.9. The van der Waals surface area contributed by atoms with Crippen molar-refractivity contribution in [2.24, 2.45) is 0 Å². The Morgan fingerprint density at radius 2 is 1.93 bits per heavy atom. The number of nitrogens with zero attached hydrogens (tertiary/aromatic N) is 4. The predicted molar refractivity (Wildman–Crippen MR) is 104 cm³/mol. The molecular formula is C19H17FN4O3S. The van der Waals surface area contributed by atoms with E-state index in [4.69, 9.17) is 0 Å². The number of carbonyl (C=O) groups is 1. The van der Waals surface area contributed by atoms with Crippen LogP contribution in [0.5, 0.6) is 0 Å². The summed E-state index contributed by atoms with van der Waals surface area (Å²) in [5.74, 6) is -1.26. The summed E-state index contributed by atoms with van der Waals surface area (Å²) >= 11 is 1.67. The van der Waals surface area contributed by atoms with E-state index in [1.807, 2.05) is 18.2 Å². The van der Waals surface area contributed by atoms with E-state index in [1.54, 1.807) is 16.2 Å². The summed E-state index contributed by atoms with van der Waals surface area (Å²) in [5.41, 5.74) is 0.447. The average molecular weight is 400 g/mol. The molecular weight excluding hydrogens is 383 g/mol. The largest absolute Gasteiger partial charge is 0.336 e. The zero-order valence-electron chi connectivity index (χ0n) is 14.9. The van der Waals surface area contributed by atoms with Crippen molar-refractivity contribution in [3.8, 4) is 0 Å². The van der Waals surface area contributed by atoms with Gasteiger partial charge in [-0.1, -0.05) is 12.1 Å². The quantitative estimate of drug-likeness (QED) is 0.496. The summed E-state index contributed by atoms with van der Waals surface area (Å²) in [7, 11) is 0. The molecule has 0 spiro atoms. The molecule has 2 aromatic carbocycles. The van der Waals surface area contributed by atoms with Crippen LogP contribution in [0.3, 0.4) is 0 Å². The number of piperazine rings is 1. The number of fused-ring (bicyclic) bond motifs is 1. The number of para-hydroxylation sites is 1. The Bertz CT molecular complexity index is 1010. The first-order valence-corrected chi connectivity index (χ1v) is 9.63. The number of hydrogen-bond donors (Lipinski definition) is 0. The molecule has 1 saturated heterocycles. The van der Waals surface area contributed by atoms with Crippen LogP contribution in [0.15, 0.2) is 42.5 Å². The summed E-state index contributed by atoms with van der Waals surface area (Å²) < 4.78 is 14.6. The van der Waals surface area contributed by atoms with Crippen LogP contribution in [-0.4, -0.2) is 51.8 Å². The molecule has 1 fully saturated rings. The van der Waals surface area contributed by atoms with Gasteiger partial charge in [0.05, 0.1) is 21.7 Å². The molecule has 28 heavy (non-hydrogen) atoms. The molecule has 0 atom stereocenters. The summed E-state index contributed by atoms with van der Waals surface area (Å²) in [4.78, 5) is 31.2. The molecule has 0 saturated carbocycles. The molecule has 9 heteroatoms. The second-order valence-corrected chi connectivity index (χ2v) is 7.68. The van der Waals surface area contributed by atoms with Gasteiger partial charge in [0.15, 0.2) is 0 Å². The van der Waals surface area contributed by atoms with Crippen LogP contribution >= 0.6 is 11.3 Å². The lowest BCUT2D eigenvalue weighted by atomic mass is 10.1. The normalized spacial score (nSPS) is 15.1. The molecule has 1 aromatic heterocycles. The molecule has 0 bridgehead atoms. The van der Waals surface area contributed by atoms with Crippen LogP contribution in [0, 0.1) is 15.9 Å². The fourth-order valence-electron chi connectivity index (χ4n) is 3.26. The molecule has 1 aliphatic rings. The third-order valence-corrected chi connectivity index (χ3v) is 5.77. The van der Waals surface area contributed by atoms with Gasteiger partial charge in [-0.15, -0.1) is 11.3 Å². The minimum absolute atomic E-state index is 0.132. The van der Waals surface area contributed by atoms with E-state index >= 15 is 0 Å². The number of nitro groups is 1. The van der Waals surface area contributed by atoms with Crippen molar-refractivity contribution in [1.29, 1.82) is 0 Å². The molecule has 0 aliphatic carbocycles. The van der Waals surface area contributed by atoms with Crippen molar-refractivity contribution < 1.29 is 14.1 Å². The van der Waals surface area contributed by atoms with Crippen LogP contribution in [0.4, 0.5) is 10.1 Å². The first-order valence-electron chi connectivity index (χ1n) is 8.81. The van der Waals surface area contributed by atoms with E-state index in [1.165, 1.54) is 6.07 Å². The third kappa shape index (κ3) is 3.71. The van der Waals surface area contributed by atoms with Gasteiger partial charge in [0.1, 0.15) is 5.01 Å². The third-order valence-electron chi connectivity index (χ3n) is 4.75. The number of amides is 1. The first kappa shape index (κ1) is 18.5. The molecule has 0 N–H and O–H groups in total. The SMILES string of the molecule is O=C(c1ccc(F)c([N+](=O)[O-])c1)N1CCN(Cc2nc3ccccc3s2)CC1. The first-order chi connectivity index (χ1) is 13.5. The van der Waals surface area contributed by atoms with E-state index in [9.17, 15) is 19.3 Å². The lowest BCUT2D eigenvalue weighted by molar-refractivity contribution is -0.387. The summed E-state index contributed by atoms with van der Waals surface area (Å²) in [6.07, 6.45) is 0. The molecule has 1 aliphatic heterocycles. The highest BCUT2D eigenvalue weighted by Crippen LogP contribution is 2.24. The number of thiazole rings is 1. The van der Waals surface area contributed by atoms with Gasteiger partial charge in [0.2, 0.25) is 5.82 Å². The highest BCUT2D eigenvalue weighted by atomic mass is 32.1. The van der Waals surface area contributed by atoms with Crippen LogP contribution in [0.2, 0.25) is 0 Å². The maximum absolute atomic E-state index is 13.5. The van der Waals surface area contributed by atoms with Crippen molar-refractivity contribution >= 4 is 33.1 Å². The van der Waals surface area contributed by atoms with Crippen LogP contribution in [0.25, 0.3) is 10.2 Å². The Balaban J connectivity index is 1.39. The number of aromatic nitrogens is 1. The van der Waals surface area contributed by atoms with Crippen molar-refractivity contribution in [1.82, 2.24) is 14.8 Å². The van der Waals surface area contributed by atoms with Gasteiger partial charge in [-0.3, -0.25) is 19.8 Å². The second-order valence-electron chi connectivity index (χ2n) is 6.57. The number of hydrogen-bond acceptors (Lipinski definition) is 6. The fraction of sp³-hybridized carbons (Fsp3) is 0.263. The molecule has 144 valence electrons. The highest BCUT2D eigenvalue weighted by Gasteiger charge is 2.25. The standard InChI is InChI=1S/C19H17FN4O3S/c20-14-6-5-13(11-16(14)24(26)27)19(25)23-9-7-22(8-10-23)12-18-21-15-3-1-2-4-17(15)28-18/h1-6,11H,7-10,12H2. The maximum Gasteiger partial charge on any atom is 0.305 e. The van der Waals surface area contributed by atoms with E-state index in [2.05, 4.69) is 16.0 Å². The second kappa shape index (κ2) is 7.61. The predicted octanol–water partition coefficient (Wildman–Crippen LogP) is 3.30. The van der Waals surface area contributed by atoms with Crippen LogP contribution in [-0.2, 0) is 6.54 Å². The number of benzene rings is 2. The molecule has 7 nitrogen and oxygen atoms in total. The van der Waals surface area contributed by atoms with Gasteiger partial charge in [-0.25, -0.2) is 4.98 Å². The monoisotopic (exact) mass is 400 g/mol. The van der Waals surface area contributed by atoms with E-state index in [0.717, 1.165) is 33.9 Å². The Kier molecular flexibility index (Phi) is 5.01. The Morgan fingerprint density at radius 3 is 2.64 bits per heavy atom. The van der Waals surface area contributed by atoms with Crippen molar-refractivity contribution in [3.05, 3.63) is 69.0 Å². The van der Waals surface area contributed by atoms with Gasteiger partial charge in [0, 0.05) is 37.8 Å². The zero-order valence-corrected chi connectivity index (χ0v) is 15.7. The molecule has 4 rings (SSSR count). The van der Waals surface area contributed by atoms with Crippen molar-refractivity contribution in [3.63, 3.8) is 0 Å². The van der Waals surface area contributed by atoms with E-state index in [-0.39, 0.29) is 11.5 Å². The highest BCUT2D eigenvalue weighted by molar-refractivity contribution is 7.18. The Labute approximate surface area is 164 Å². The lowest BCUT2D eigenvalue weighted by Crippen LogP contribution is -2.48. The smallest absolute Gasteiger partial charge is 0.305 e. The fourth-order valence-corrected chi connectivity index (χ4v) is 4.27. The molecule has 0 radical (unpaired) electrons. The minimum atomic E-state index is -0.942. The van der Waals surface area contributed by atoms with Gasteiger partial charge < -0.3 is 4.90 Å². The van der Waals surface area contributed by atoms with Gasteiger partial charge in [-0.05, 0) is 24.3 Å². The van der Waals surface area contributed by atoms with Crippen molar-refractivity contribution in [2.75, 3.05) is 26.2 Å². The van der Waals surface area contributed by atoms with Gasteiger partial charge >= 0.3 is 5.69 Å². The molecule has 0 unspecified atom stereocenters. The molecule has 1 amide bonds. The van der Waals surface area contributed by atoms with Crippen LogP contribution < -0.4 is 0 Å². The number of carbonyl (C=O) groups excluding carboxylic acids is 1. The minimum Gasteiger partial charge on any atom is -0.336 e. The van der Waals surface area contributed by atoms with Crippen molar-refractivity contribution in [2.45, 2.75) is 6.54 Å². The Hall–Kier alpha value is -2.91. The van der Waals surface area contributed by atoms with E-state index in [0.29, 0.717) is 26.2 Å². The average Bonchev–Trinajstić information content (AvgIpc) is 3.10. The van der Waals surface area contributed by atoms with E-state index < -0.39 is 16.4 Å². The zero-order chi connectivity index (χ0) is 19.7. The number of rotatable bonds is 4. The maximum atomic E-state index is 13.5. The number of nitro benzene ring substituents is 1. The molecule has 3 aromatic rings. The Morgan fingerprint density at radius 1 is 1.18 bits per heavy atom. The number of halogens is 1. The lowest BCUT2D eigenvalue weighted by Gasteiger charge is -2.34. The topological polar surface area (TPSA) is 79.6 Å². The van der Waals surface area contributed by atoms with Gasteiger partial charge in [0.25, 0.3) is 5.91 Å². The summed E-state index contributed by atoms with van der Waals surface area (Å²) in [6.45, 7) is 3.11. The molecule has 2 heterocycles. The van der Waals surface area contributed by atoms with Gasteiger partial charge in [-0.2, -0.15) is 4.39 Å².